The molecule has 176 valence electrons. The van der Waals surface area contributed by atoms with E-state index in [0.29, 0.717) is 11.6 Å². The van der Waals surface area contributed by atoms with Crippen LogP contribution in [0.3, 0.4) is 0 Å². The molecule has 0 aliphatic carbocycles. The molecule has 1 aromatic heterocycles. The maximum atomic E-state index is 11.7. The summed E-state index contributed by atoms with van der Waals surface area (Å²) in [6.07, 6.45) is 4.68. The van der Waals surface area contributed by atoms with E-state index >= 15 is 0 Å². The maximum Gasteiger partial charge on any atom is 0.254 e. The Hall–Kier alpha value is -3.20. The van der Waals surface area contributed by atoms with Crippen molar-refractivity contribution in [2.45, 2.75) is 25.0 Å². The summed E-state index contributed by atoms with van der Waals surface area (Å²) < 4.78 is 26.0. The van der Waals surface area contributed by atoms with Gasteiger partial charge in [-0.05, 0) is 71.6 Å². The number of nitrogens with one attached hydrogen (secondary N) is 2. The Kier molecular flexibility index (Phi) is 6.12. The third-order valence-electron chi connectivity index (χ3n) is 6.81. The third kappa shape index (κ3) is 4.44. The first-order chi connectivity index (χ1) is 16.5. The van der Waals surface area contributed by atoms with Crippen molar-refractivity contribution < 1.29 is 13.5 Å². The first-order valence-corrected chi connectivity index (χ1v) is 12.9. The van der Waals surface area contributed by atoms with E-state index in [2.05, 4.69) is 56.8 Å². The van der Waals surface area contributed by atoms with Crippen molar-refractivity contribution in [1.29, 1.82) is 0 Å². The average molecular weight is 477 g/mol. The minimum Gasteiger partial charge on any atom is -0.394 e. The first-order valence-electron chi connectivity index (χ1n) is 11.4. The van der Waals surface area contributed by atoms with E-state index in [9.17, 15) is 13.5 Å². The molecule has 2 aromatic carbocycles. The van der Waals surface area contributed by atoms with E-state index in [4.69, 9.17) is 0 Å². The molecule has 34 heavy (non-hydrogen) atoms. The van der Waals surface area contributed by atoms with Crippen LogP contribution in [-0.4, -0.2) is 42.6 Å². The van der Waals surface area contributed by atoms with Crippen molar-refractivity contribution in [1.82, 2.24) is 9.88 Å². The molecule has 7 nitrogen and oxygen atoms in total. The number of hydrogen-bond acceptors (Lipinski definition) is 6. The molecule has 8 heteroatoms. The molecule has 0 saturated carbocycles. The molecule has 3 N–H and O–H groups in total. The van der Waals surface area contributed by atoms with Gasteiger partial charge in [0.2, 0.25) is 0 Å². The van der Waals surface area contributed by atoms with Crippen molar-refractivity contribution in [3.63, 3.8) is 0 Å². The fourth-order valence-corrected chi connectivity index (χ4v) is 5.72. The van der Waals surface area contributed by atoms with Crippen molar-refractivity contribution in [2.24, 2.45) is 5.92 Å². The SMILES string of the molecule is C=CS(=O)(=O)Nc1ccc(-c2ccc3c(c2)[C@H]2[C@H](CCN2Cc2ccncc2)[C@@H](CO)N3)cc1. The number of likely N-dealkylation sites (tertiary alicyclic amines) is 1. The molecular formula is C26H28N4O3S. The number of benzene rings is 2. The molecule has 5 rings (SSSR count). The van der Waals surface area contributed by atoms with Crippen molar-refractivity contribution >= 4 is 21.4 Å². The standard InChI is InChI=1S/C26H28N4O3S/c1-2-34(32,33)29-21-6-3-19(4-7-21)20-5-8-24-23(15-20)26-22(25(17-31)28-24)11-14-30(26)16-18-9-12-27-13-10-18/h2-10,12-13,15,22,25-26,28-29,31H,1,11,14,16-17H2/t22-,25-,26-/m1/s1. The lowest BCUT2D eigenvalue weighted by molar-refractivity contribution is 0.172. The normalized spacial score (nSPS) is 21.9. The summed E-state index contributed by atoms with van der Waals surface area (Å²) in [5, 5.41) is 14.5. The van der Waals surface area contributed by atoms with Crippen molar-refractivity contribution in [3.8, 4) is 11.1 Å². The number of fused-ring (bicyclic) bond motifs is 3. The Morgan fingerprint density at radius 1 is 1.12 bits per heavy atom. The van der Waals surface area contributed by atoms with Gasteiger partial charge >= 0.3 is 0 Å². The highest BCUT2D eigenvalue weighted by atomic mass is 32.2. The summed E-state index contributed by atoms with van der Waals surface area (Å²) in [5.74, 6) is 0.324. The molecule has 3 aromatic rings. The van der Waals surface area contributed by atoms with Gasteiger partial charge in [0.1, 0.15) is 0 Å². The van der Waals surface area contributed by atoms with Gasteiger partial charge < -0.3 is 10.4 Å². The van der Waals surface area contributed by atoms with Crippen molar-refractivity contribution in [3.05, 3.63) is 90.1 Å². The summed E-state index contributed by atoms with van der Waals surface area (Å²) in [6.45, 7) is 5.24. The monoisotopic (exact) mass is 476 g/mol. The Morgan fingerprint density at radius 3 is 2.56 bits per heavy atom. The highest BCUT2D eigenvalue weighted by molar-refractivity contribution is 7.95. The molecule has 0 unspecified atom stereocenters. The van der Waals surface area contributed by atoms with E-state index in [1.54, 1.807) is 12.1 Å². The number of anilines is 2. The smallest absolute Gasteiger partial charge is 0.254 e. The molecule has 3 atom stereocenters. The largest absolute Gasteiger partial charge is 0.394 e. The second-order valence-electron chi connectivity index (χ2n) is 8.85. The number of aliphatic hydroxyl groups excluding tert-OH is 1. The van der Waals surface area contributed by atoms with Gasteiger partial charge in [0, 0.05) is 47.7 Å². The molecule has 0 spiro atoms. The van der Waals surface area contributed by atoms with Gasteiger partial charge in [0.25, 0.3) is 10.0 Å². The zero-order valence-electron chi connectivity index (χ0n) is 18.8. The maximum absolute atomic E-state index is 11.7. The minimum atomic E-state index is -3.54. The van der Waals surface area contributed by atoms with Gasteiger partial charge in [-0.25, -0.2) is 8.42 Å². The van der Waals surface area contributed by atoms with E-state index in [-0.39, 0.29) is 18.7 Å². The Bertz CT molecular complexity index is 1280. The zero-order chi connectivity index (χ0) is 23.7. The fraction of sp³-hybridized carbons (Fsp3) is 0.269. The van der Waals surface area contributed by atoms with Gasteiger partial charge in [-0.3, -0.25) is 14.6 Å². The number of sulfonamides is 1. The van der Waals surface area contributed by atoms with Crippen LogP contribution in [-0.2, 0) is 16.6 Å². The average Bonchev–Trinajstić information content (AvgIpc) is 3.28. The van der Waals surface area contributed by atoms with Crippen LogP contribution in [0.2, 0.25) is 0 Å². The Labute approximate surface area is 200 Å². The Morgan fingerprint density at radius 2 is 1.85 bits per heavy atom. The quantitative estimate of drug-likeness (QED) is 0.478. The number of pyridine rings is 1. The Balaban J connectivity index is 1.46. The lowest BCUT2D eigenvalue weighted by Crippen LogP contribution is -2.41. The van der Waals surface area contributed by atoms with Gasteiger partial charge in [-0.1, -0.05) is 24.8 Å². The van der Waals surface area contributed by atoms with Crippen LogP contribution >= 0.6 is 0 Å². The van der Waals surface area contributed by atoms with E-state index < -0.39 is 10.0 Å². The molecule has 2 aliphatic rings. The third-order valence-corrected chi connectivity index (χ3v) is 7.77. The number of rotatable bonds is 7. The van der Waals surface area contributed by atoms with Gasteiger partial charge in [0.15, 0.2) is 0 Å². The zero-order valence-corrected chi connectivity index (χ0v) is 19.6. The number of aromatic nitrogens is 1. The lowest BCUT2D eigenvalue weighted by atomic mass is 9.82. The lowest BCUT2D eigenvalue weighted by Gasteiger charge is -2.39. The highest BCUT2D eigenvalue weighted by Crippen LogP contribution is 2.47. The van der Waals surface area contributed by atoms with Crippen LogP contribution in [0.1, 0.15) is 23.6 Å². The molecule has 1 fully saturated rings. The van der Waals surface area contributed by atoms with Crippen LogP contribution in [0, 0.1) is 5.92 Å². The second-order valence-corrected chi connectivity index (χ2v) is 10.5. The van der Waals surface area contributed by atoms with Crippen molar-refractivity contribution in [2.75, 3.05) is 23.2 Å². The molecule has 2 aliphatic heterocycles. The molecule has 1 saturated heterocycles. The number of hydrogen-bond donors (Lipinski definition) is 3. The first kappa shape index (κ1) is 22.6. The predicted octanol–water partition coefficient (Wildman–Crippen LogP) is 3.98. The molecule has 3 heterocycles. The number of nitrogens with zero attached hydrogens (tertiary/aromatic N) is 2. The van der Waals surface area contributed by atoms with E-state index in [0.717, 1.165) is 41.7 Å². The predicted molar refractivity (Wildman–Crippen MR) is 135 cm³/mol. The summed E-state index contributed by atoms with van der Waals surface area (Å²) >= 11 is 0. The highest BCUT2D eigenvalue weighted by Gasteiger charge is 2.43. The van der Waals surface area contributed by atoms with Crippen LogP contribution in [0.5, 0.6) is 0 Å². The van der Waals surface area contributed by atoms with Crippen LogP contribution in [0.4, 0.5) is 11.4 Å². The van der Waals surface area contributed by atoms with Gasteiger partial charge in [-0.2, -0.15) is 0 Å². The van der Waals surface area contributed by atoms with E-state index in [1.807, 2.05) is 24.5 Å². The topological polar surface area (TPSA) is 94.6 Å². The summed E-state index contributed by atoms with van der Waals surface area (Å²) in [5.41, 5.74) is 6.08. The summed E-state index contributed by atoms with van der Waals surface area (Å²) in [6, 6.07) is 18.0. The van der Waals surface area contributed by atoms with Crippen LogP contribution in [0.25, 0.3) is 11.1 Å². The molecule has 0 radical (unpaired) electrons. The van der Waals surface area contributed by atoms with Gasteiger partial charge in [0.05, 0.1) is 12.6 Å². The van der Waals surface area contributed by atoms with Crippen LogP contribution in [0.15, 0.2) is 79.0 Å². The molecule has 0 amide bonds. The summed E-state index contributed by atoms with van der Waals surface area (Å²) in [7, 11) is -3.54. The fourth-order valence-electron chi connectivity index (χ4n) is 5.17. The van der Waals surface area contributed by atoms with E-state index in [1.165, 1.54) is 11.1 Å². The summed E-state index contributed by atoms with van der Waals surface area (Å²) in [4.78, 5) is 6.63. The second kappa shape index (κ2) is 9.21. The molecular weight excluding hydrogens is 448 g/mol. The number of aliphatic hydroxyl groups is 1. The minimum absolute atomic E-state index is 0.0305. The van der Waals surface area contributed by atoms with Gasteiger partial charge in [-0.15, -0.1) is 0 Å². The van der Waals surface area contributed by atoms with Crippen LogP contribution < -0.4 is 10.0 Å². The molecule has 0 bridgehead atoms.